The van der Waals surface area contributed by atoms with Crippen LogP contribution < -0.4 is 0 Å². The molecule has 0 unspecified atom stereocenters. The highest BCUT2D eigenvalue weighted by Crippen LogP contribution is 2.02. The standard InChI is InChI=1S/C9H16O3/c1-3-8(10)6-5-7-9(11)12-4-2/h3,8,10H,1,4-7H2,2H3/t8-/m1/s1. The normalized spacial score (nSPS) is 12.2. The van der Waals surface area contributed by atoms with E-state index in [-0.39, 0.29) is 5.97 Å². The van der Waals surface area contributed by atoms with E-state index in [9.17, 15) is 4.79 Å². The van der Waals surface area contributed by atoms with E-state index in [1.54, 1.807) is 6.92 Å². The summed E-state index contributed by atoms with van der Waals surface area (Å²) in [6, 6.07) is 0. The van der Waals surface area contributed by atoms with Crippen LogP contribution in [0.5, 0.6) is 0 Å². The summed E-state index contributed by atoms with van der Waals surface area (Å²) in [6.07, 6.45) is 2.55. The summed E-state index contributed by atoms with van der Waals surface area (Å²) in [5.41, 5.74) is 0. The van der Waals surface area contributed by atoms with Gasteiger partial charge in [0.2, 0.25) is 0 Å². The molecule has 0 aromatic rings. The lowest BCUT2D eigenvalue weighted by atomic mass is 10.1. The van der Waals surface area contributed by atoms with Gasteiger partial charge in [-0.1, -0.05) is 6.08 Å². The van der Waals surface area contributed by atoms with Gasteiger partial charge in [-0.15, -0.1) is 6.58 Å². The van der Waals surface area contributed by atoms with Crippen molar-refractivity contribution in [2.45, 2.75) is 32.3 Å². The fourth-order valence-electron chi connectivity index (χ4n) is 0.807. The van der Waals surface area contributed by atoms with Gasteiger partial charge in [-0.2, -0.15) is 0 Å². The second-order valence-corrected chi connectivity index (χ2v) is 2.50. The molecule has 12 heavy (non-hydrogen) atoms. The van der Waals surface area contributed by atoms with E-state index < -0.39 is 6.10 Å². The number of hydrogen-bond donors (Lipinski definition) is 1. The van der Waals surface area contributed by atoms with E-state index in [1.165, 1.54) is 6.08 Å². The molecule has 0 bridgehead atoms. The van der Waals surface area contributed by atoms with Crippen LogP contribution >= 0.6 is 0 Å². The summed E-state index contributed by atoms with van der Waals surface area (Å²) in [4.78, 5) is 10.8. The molecule has 0 amide bonds. The number of aliphatic hydroxyl groups is 1. The molecule has 0 aromatic heterocycles. The zero-order chi connectivity index (χ0) is 9.40. The van der Waals surface area contributed by atoms with Crippen molar-refractivity contribution >= 4 is 5.97 Å². The quantitative estimate of drug-likeness (QED) is 0.484. The fraction of sp³-hybridized carbons (Fsp3) is 0.667. The number of ether oxygens (including phenoxy) is 1. The van der Waals surface area contributed by atoms with Crippen LogP contribution in [0.1, 0.15) is 26.2 Å². The molecule has 0 radical (unpaired) electrons. The SMILES string of the molecule is C=C[C@@H](O)CCCC(=O)OCC. The first kappa shape index (κ1) is 11.2. The topological polar surface area (TPSA) is 46.5 Å². The first-order valence-electron chi connectivity index (χ1n) is 4.17. The van der Waals surface area contributed by atoms with Crippen molar-refractivity contribution in [1.82, 2.24) is 0 Å². The molecule has 70 valence electrons. The summed E-state index contributed by atoms with van der Waals surface area (Å²) in [5.74, 6) is -0.200. The van der Waals surface area contributed by atoms with Crippen LogP contribution in [0.4, 0.5) is 0 Å². The largest absolute Gasteiger partial charge is 0.466 e. The lowest BCUT2D eigenvalue weighted by molar-refractivity contribution is -0.143. The van der Waals surface area contributed by atoms with E-state index in [4.69, 9.17) is 9.84 Å². The van der Waals surface area contributed by atoms with Gasteiger partial charge in [0.15, 0.2) is 0 Å². The van der Waals surface area contributed by atoms with Gasteiger partial charge in [0.1, 0.15) is 0 Å². The lowest BCUT2D eigenvalue weighted by Gasteiger charge is -2.03. The van der Waals surface area contributed by atoms with E-state index in [1.807, 2.05) is 0 Å². The highest BCUT2D eigenvalue weighted by Gasteiger charge is 2.03. The summed E-state index contributed by atoms with van der Waals surface area (Å²) < 4.78 is 4.71. The van der Waals surface area contributed by atoms with Crippen LogP contribution in [0.25, 0.3) is 0 Å². The van der Waals surface area contributed by atoms with Crippen molar-refractivity contribution in [3.8, 4) is 0 Å². The molecule has 0 aromatic carbocycles. The Balaban J connectivity index is 3.30. The zero-order valence-electron chi connectivity index (χ0n) is 7.45. The minimum atomic E-state index is -0.501. The third-order valence-electron chi connectivity index (χ3n) is 1.46. The van der Waals surface area contributed by atoms with Crippen LogP contribution in [0.15, 0.2) is 12.7 Å². The zero-order valence-corrected chi connectivity index (χ0v) is 7.45. The van der Waals surface area contributed by atoms with E-state index >= 15 is 0 Å². The van der Waals surface area contributed by atoms with Gasteiger partial charge < -0.3 is 9.84 Å². The van der Waals surface area contributed by atoms with Crippen molar-refractivity contribution in [3.63, 3.8) is 0 Å². The average Bonchev–Trinajstić information content (AvgIpc) is 2.04. The Morgan fingerprint density at radius 3 is 2.92 bits per heavy atom. The molecule has 0 fully saturated rings. The summed E-state index contributed by atoms with van der Waals surface area (Å²) in [6.45, 7) is 5.62. The highest BCUT2D eigenvalue weighted by molar-refractivity contribution is 5.69. The van der Waals surface area contributed by atoms with Gasteiger partial charge in [-0.3, -0.25) is 4.79 Å². The molecule has 0 spiro atoms. The summed E-state index contributed by atoms with van der Waals surface area (Å²) in [5, 5.41) is 9.03. The number of rotatable bonds is 6. The molecule has 0 aliphatic heterocycles. The molecule has 0 saturated heterocycles. The highest BCUT2D eigenvalue weighted by atomic mass is 16.5. The Morgan fingerprint density at radius 1 is 1.75 bits per heavy atom. The maximum atomic E-state index is 10.8. The van der Waals surface area contributed by atoms with Crippen LogP contribution in [-0.4, -0.2) is 23.8 Å². The molecule has 1 atom stereocenters. The van der Waals surface area contributed by atoms with Crippen molar-refractivity contribution in [2.75, 3.05) is 6.61 Å². The minimum Gasteiger partial charge on any atom is -0.466 e. The van der Waals surface area contributed by atoms with E-state index in [0.29, 0.717) is 25.9 Å². The lowest BCUT2D eigenvalue weighted by Crippen LogP contribution is -2.06. The van der Waals surface area contributed by atoms with Crippen LogP contribution in [0.3, 0.4) is 0 Å². The Morgan fingerprint density at radius 2 is 2.42 bits per heavy atom. The average molecular weight is 172 g/mol. The molecule has 0 saturated carbocycles. The van der Waals surface area contributed by atoms with Gasteiger partial charge in [0.25, 0.3) is 0 Å². The maximum Gasteiger partial charge on any atom is 0.305 e. The predicted molar refractivity (Wildman–Crippen MR) is 46.7 cm³/mol. The summed E-state index contributed by atoms with van der Waals surface area (Å²) in [7, 11) is 0. The van der Waals surface area contributed by atoms with E-state index in [2.05, 4.69) is 6.58 Å². The predicted octanol–water partition coefficient (Wildman–Crippen LogP) is 1.27. The minimum absolute atomic E-state index is 0.200. The molecular weight excluding hydrogens is 156 g/mol. The van der Waals surface area contributed by atoms with Crippen molar-refractivity contribution < 1.29 is 14.6 Å². The molecule has 3 heteroatoms. The third-order valence-corrected chi connectivity index (χ3v) is 1.46. The van der Waals surface area contributed by atoms with E-state index in [0.717, 1.165) is 0 Å². The fourth-order valence-corrected chi connectivity index (χ4v) is 0.807. The number of hydrogen-bond acceptors (Lipinski definition) is 3. The first-order chi connectivity index (χ1) is 5.70. The van der Waals surface area contributed by atoms with Gasteiger partial charge >= 0.3 is 5.97 Å². The van der Waals surface area contributed by atoms with Gasteiger partial charge in [-0.25, -0.2) is 0 Å². The second-order valence-electron chi connectivity index (χ2n) is 2.50. The molecule has 0 aliphatic rings. The number of carbonyl (C=O) groups is 1. The molecule has 3 nitrogen and oxygen atoms in total. The molecular formula is C9H16O3. The molecule has 0 rings (SSSR count). The van der Waals surface area contributed by atoms with Gasteiger partial charge in [0.05, 0.1) is 12.7 Å². The monoisotopic (exact) mass is 172 g/mol. The Kier molecular flexibility index (Phi) is 6.38. The third kappa shape index (κ3) is 5.92. The van der Waals surface area contributed by atoms with Crippen molar-refractivity contribution in [2.24, 2.45) is 0 Å². The van der Waals surface area contributed by atoms with Crippen LogP contribution in [0, 0.1) is 0 Å². The smallest absolute Gasteiger partial charge is 0.305 e. The second kappa shape index (κ2) is 6.85. The van der Waals surface area contributed by atoms with Crippen LogP contribution in [0.2, 0.25) is 0 Å². The van der Waals surface area contributed by atoms with Crippen molar-refractivity contribution in [3.05, 3.63) is 12.7 Å². The molecule has 1 N–H and O–H groups in total. The Hall–Kier alpha value is -0.830. The maximum absolute atomic E-state index is 10.8. The number of aliphatic hydroxyl groups excluding tert-OH is 1. The van der Waals surface area contributed by atoms with Gasteiger partial charge in [-0.05, 0) is 19.8 Å². The summed E-state index contributed by atoms with van der Waals surface area (Å²) >= 11 is 0. The molecule has 0 heterocycles. The first-order valence-corrected chi connectivity index (χ1v) is 4.17. The number of esters is 1. The van der Waals surface area contributed by atoms with Crippen molar-refractivity contribution in [1.29, 1.82) is 0 Å². The van der Waals surface area contributed by atoms with Gasteiger partial charge in [0, 0.05) is 6.42 Å². The van der Waals surface area contributed by atoms with Crippen LogP contribution in [-0.2, 0) is 9.53 Å². The number of carbonyl (C=O) groups excluding carboxylic acids is 1. The molecule has 0 aliphatic carbocycles. The Bertz CT molecular complexity index is 143. The Labute approximate surface area is 73.0 Å².